The molecule has 0 saturated carbocycles. The zero-order valence-corrected chi connectivity index (χ0v) is 16.0. The largest absolute Gasteiger partial charge is 0.356 e. The summed E-state index contributed by atoms with van der Waals surface area (Å²) in [5.74, 6) is 0.715. The minimum Gasteiger partial charge on any atom is -0.356 e. The van der Waals surface area contributed by atoms with E-state index in [4.69, 9.17) is 0 Å². The number of nitrogens with zero attached hydrogens (tertiary/aromatic N) is 3. The van der Waals surface area contributed by atoms with E-state index in [1.807, 2.05) is 25.2 Å². The van der Waals surface area contributed by atoms with Gasteiger partial charge in [0.1, 0.15) is 0 Å². The molecule has 1 aliphatic carbocycles. The lowest BCUT2D eigenvalue weighted by Crippen LogP contribution is -2.44. The van der Waals surface area contributed by atoms with E-state index in [0.29, 0.717) is 12.5 Å². The Balaban J connectivity index is 1.64. The Morgan fingerprint density at radius 1 is 1.27 bits per heavy atom. The summed E-state index contributed by atoms with van der Waals surface area (Å²) in [6, 6.07) is 5.83. The molecule has 0 saturated heterocycles. The van der Waals surface area contributed by atoms with Gasteiger partial charge >= 0.3 is 0 Å². The molecule has 6 nitrogen and oxygen atoms in total. The van der Waals surface area contributed by atoms with Gasteiger partial charge in [0.2, 0.25) is 5.91 Å². The van der Waals surface area contributed by atoms with Gasteiger partial charge in [-0.15, -0.1) is 0 Å². The fourth-order valence-electron chi connectivity index (χ4n) is 2.94. The zero-order valence-electron chi connectivity index (χ0n) is 16.0. The van der Waals surface area contributed by atoms with Gasteiger partial charge in [0, 0.05) is 45.5 Å². The van der Waals surface area contributed by atoms with Gasteiger partial charge in [0.05, 0.1) is 6.54 Å². The normalized spacial score (nSPS) is 14.5. The summed E-state index contributed by atoms with van der Waals surface area (Å²) in [4.78, 5) is 22.5. The number of aromatic nitrogens is 1. The van der Waals surface area contributed by atoms with Crippen LogP contribution < -0.4 is 10.6 Å². The molecule has 0 fully saturated rings. The number of guanidine groups is 1. The van der Waals surface area contributed by atoms with Crippen molar-refractivity contribution in [3.8, 4) is 0 Å². The first-order valence-electron chi connectivity index (χ1n) is 9.45. The van der Waals surface area contributed by atoms with Gasteiger partial charge in [-0.2, -0.15) is 0 Å². The second-order valence-electron chi connectivity index (χ2n) is 6.60. The summed E-state index contributed by atoms with van der Waals surface area (Å²) in [6.45, 7) is 1.73. The van der Waals surface area contributed by atoms with E-state index >= 15 is 0 Å². The van der Waals surface area contributed by atoms with Crippen LogP contribution >= 0.6 is 0 Å². The minimum absolute atomic E-state index is 0.0406. The molecule has 2 rings (SSSR count). The molecular weight excluding hydrogens is 326 g/mol. The van der Waals surface area contributed by atoms with Gasteiger partial charge in [-0.05, 0) is 44.2 Å². The summed E-state index contributed by atoms with van der Waals surface area (Å²) in [5, 5.41) is 6.38. The number of carbonyl (C=O) groups is 1. The third-order valence-electron chi connectivity index (χ3n) is 4.61. The number of nitrogens with one attached hydrogen (secondary N) is 2. The molecule has 6 heteroatoms. The highest BCUT2D eigenvalue weighted by molar-refractivity contribution is 5.86. The summed E-state index contributed by atoms with van der Waals surface area (Å²) < 4.78 is 0. The molecule has 2 N–H and O–H groups in total. The minimum atomic E-state index is 0.0406. The van der Waals surface area contributed by atoms with Crippen LogP contribution in [0.1, 0.15) is 37.8 Å². The van der Waals surface area contributed by atoms with E-state index in [-0.39, 0.29) is 12.5 Å². The Hall–Kier alpha value is -2.37. The molecule has 0 aromatic carbocycles. The van der Waals surface area contributed by atoms with Gasteiger partial charge in [-0.1, -0.05) is 17.7 Å². The Bertz CT molecular complexity index is 612. The fourth-order valence-corrected chi connectivity index (χ4v) is 2.94. The first-order valence-corrected chi connectivity index (χ1v) is 9.45. The van der Waals surface area contributed by atoms with E-state index in [2.05, 4.69) is 26.7 Å². The Morgan fingerprint density at radius 3 is 2.85 bits per heavy atom. The lowest BCUT2D eigenvalue weighted by atomic mass is 9.97. The van der Waals surface area contributed by atoms with Crippen molar-refractivity contribution in [2.24, 2.45) is 4.99 Å². The average molecular weight is 358 g/mol. The van der Waals surface area contributed by atoms with Crippen molar-refractivity contribution in [3.63, 3.8) is 0 Å². The highest BCUT2D eigenvalue weighted by atomic mass is 16.2. The van der Waals surface area contributed by atoms with Crippen molar-refractivity contribution in [1.29, 1.82) is 0 Å². The first kappa shape index (κ1) is 19.9. The molecule has 142 valence electrons. The average Bonchev–Trinajstić information content (AvgIpc) is 2.70. The van der Waals surface area contributed by atoms with E-state index in [0.717, 1.165) is 25.1 Å². The van der Waals surface area contributed by atoms with Crippen molar-refractivity contribution in [3.05, 3.63) is 41.7 Å². The van der Waals surface area contributed by atoms with Gasteiger partial charge < -0.3 is 15.5 Å². The number of allylic oxidation sites excluding steroid dienone is 1. The summed E-state index contributed by atoms with van der Waals surface area (Å²) >= 11 is 0. The first-order chi connectivity index (χ1) is 12.7. The Morgan fingerprint density at radius 2 is 2.15 bits per heavy atom. The van der Waals surface area contributed by atoms with Crippen LogP contribution in [0.5, 0.6) is 0 Å². The number of carbonyl (C=O) groups excluding carboxylic acids is 1. The van der Waals surface area contributed by atoms with Crippen LogP contribution in [0.25, 0.3) is 0 Å². The molecule has 0 atom stereocenters. The van der Waals surface area contributed by atoms with E-state index in [1.165, 1.54) is 31.3 Å². The van der Waals surface area contributed by atoms with Gasteiger partial charge in [0.25, 0.3) is 0 Å². The number of aliphatic imine (C=N–C) groups is 1. The van der Waals surface area contributed by atoms with Crippen LogP contribution in [0.2, 0.25) is 0 Å². The van der Waals surface area contributed by atoms with E-state index in [1.54, 1.807) is 18.1 Å². The molecule has 1 heterocycles. The molecule has 1 aromatic heterocycles. The maximum absolute atomic E-state index is 12.3. The number of amides is 1. The monoisotopic (exact) mass is 357 g/mol. The number of hydrogen-bond acceptors (Lipinski definition) is 3. The van der Waals surface area contributed by atoms with Crippen LogP contribution in [0.15, 0.2) is 41.0 Å². The maximum atomic E-state index is 12.3. The highest BCUT2D eigenvalue weighted by Gasteiger charge is 2.10. The van der Waals surface area contributed by atoms with Crippen molar-refractivity contribution in [1.82, 2.24) is 20.5 Å². The van der Waals surface area contributed by atoms with E-state index in [9.17, 15) is 4.79 Å². The van der Waals surface area contributed by atoms with Gasteiger partial charge in [0.15, 0.2) is 5.96 Å². The van der Waals surface area contributed by atoms with Crippen molar-refractivity contribution in [2.75, 3.05) is 33.7 Å². The van der Waals surface area contributed by atoms with Crippen LogP contribution in [0, 0.1) is 0 Å². The summed E-state index contributed by atoms with van der Waals surface area (Å²) in [5.41, 5.74) is 2.53. The van der Waals surface area contributed by atoms with Crippen molar-refractivity contribution >= 4 is 11.9 Å². The highest BCUT2D eigenvalue weighted by Crippen LogP contribution is 2.19. The standard InChI is InChI=1S/C20H31N5O/c1-21-20(23-14-11-17-8-4-3-5-9-17)24-16-19(26)25(2)15-12-18-10-6-7-13-22-18/h6-8,10,13H,3-5,9,11-12,14-16H2,1-2H3,(H2,21,23,24). The second-order valence-corrected chi connectivity index (χ2v) is 6.60. The molecule has 1 amide bonds. The number of rotatable bonds is 8. The van der Waals surface area contributed by atoms with Crippen LogP contribution in [0.4, 0.5) is 0 Å². The number of hydrogen-bond donors (Lipinski definition) is 2. The quantitative estimate of drug-likeness (QED) is 0.425. The third kappa shape index (κ3) is 7.25. The van der Waals surface area contributed by atoms with Gasteiger partial charge in [-0.3, -0.25) is 14.8 Å². The SMILES string of the molecule is CN=C(NCCC1=CCCCC1)NCC(=O)N(C)CCc1ccccn1. The van der Waals surface area contributed by atoms with Crippen LogP contribution in [0.3, 0.4) is 0 Å². The van der Waals surface area contributed by atoms with Crippen molar-refractivity contribution < 1.29 is 4.79 Å². The lowest BCUT2D eigenvalue weighted by Gasteiger charge is -2.19. The van der Waals surface area contributed by atoms with Crippen LogP contribution in [-0.4, -0.2) is 55.5 Å². The molecule has 0 radical (unpaired) electrons. The number of pyridine rings is 1. The molecule has 0 spiro atoms. The predicted octanol–water partition coefficient (Wildman–Crippen LogP) is 2.14. The molecule has 0 aliphatic heterocycles. The molecular formula is C20H31N5O. The summed E-state index contributed by atoms with van der Waals surface area (Å²) in [7, 11) is 3.54. The smallest absolute Gasteiger partial charge is 0.241 e. The Kier molecular flexibility index (Phi) is 8.66. The molecule has 0 unspecified atom stereocenters. The fraction of sp³-hybridized carbons (Fsp3) is 0.550. The maximum Gasteiger partial charge on any atom is 0.241 e. The second kappa shape index (κ2) is 11.3. The van der Waals surface area contributed by atoms with E-state index < -0.39 is 0 Å². The number of likely N-dealkylation sites (N-methyl/N-ethyl adjacent to an activating group) is 1. The van der Waals surface area contributed by atoms with Crippen molar-refractivity contribution in [2.45, 2.75) is 38.5 Å². The van der Waals surface area contributed by atoms with Gasteiger partial charge in [-0.25, -0.2) is 0 Å². The molecule has 1 aliphatic rings. The Labute approximate surface area is 156 Å². The topological polar surface area (TPSA) is 69.6 Å². The molecule has 26 heavy (non-hydrogen) atoms. The lowest BCUT2D eigenvalue weighted by molar-refractivity contribution is -0.128. The van der Waals surface area contributed by atoms with Crippen LogP contribution in [-0.2, 0) is 11.2 Å². The third-order valence-corrected chi connectivity index (χ3v) is 4.61. The summed E-state index contributed by atoms with van der Waals surface area (Å²) in [6.07, 6.45) is 11.0. The zero-order chi connectivity index (χ0) is 18.6. The predicted molar refractivity (Wildman–Crippen MR) is 106 cm³/mol. The molecule has 1 aromatic rings. The molecule has 0 bridgehead atoms.